The highest BCUT2D eigenvalue weighted by atomic mass is 19.1. The van der Waals surface area contributed by atoms with Gasteiger partial charge in [0.05, 0.1) is 25.8 Å². The zero-order chi connectivity index (χ0) is 24.6. The van der Waals surface area contributed by atoms with Crippen molar-refractivity contribution in [2.24, 2.45) is 0 Å². The summed E-state index contributed by atoms with van der Waals surface area (Å²) in [6.07, 6.45) is 0. The first kappa shape index (κ1) is 23.0. The molecule has 1 aliphatic rings. The summed E-state index contributed by atoms with van der Waals surface area (Å²) in [5.74, 6) is -1.62. The van der Waals surface area contributed by atoms with Crippen LogP contribution in [0.4, 0.5) is 10.1 Å². The van der Waals surface area contributed by atoms with Crippen LogP contribution in [0.15, 0.2) is 66.2 Å². The number of hydrogen-bond acceptors (Lipinski definition) is 5. The number of methoxy groups -OCH3 is 2. The molecule has 0 aliphatic carbocycles. The summed E-state index contributed by atoms with van der Waals surface area (Å²) in [4.78, 5) is 27.8. The van der Waals surface area contributed by atoms with Crippen LogP contribution in [0.2, 0.25) is 0 Å². The normalized spacial score (nSPS) is 17.2. The van der Waals surface area contributed by atoms with E-state index in [4.69, 9.17) is 9.47 Å². The molecule has 1 aliphatic heterocycles. The van der Waals surface area contributed by atoms with Gasteiger partial charge in [-0.3, -0.25) is 14.5 Å². The first-order valence-corrected chi connectivity index (χ1v) is 10.6. The predicted octanol–water partition coefficient (Wildman–Crippen LogP) is 5.09. The Labute approximate surface area is 196 Å². The maximum absolute atomic E-state index is 13.7. The lowest BCUT2D eigenvalue weighted by Crippen LogP contribution is -2.29. The van der Waals surface area contributed by atoms with Crippen LogP contribution in [0.5, 0.6) is 11.5 Å². The third kappa shape index (κ3) is 3.90. The number of halogens is 1. The largest absolute Gasteiger partial charge is 0.507 e. The van der Waals surface area contributed by atoms with Gasteiger partial charge in [0.1, 0.15) is 11.6 Å². The number of hydrogen-bond donors (Lipinski definition) is 1. The van der Waals surface area contributed by atoms with Crippen LogP contribution in [0.3, 0.4) is 0 Å². The number of amides is 1. The molecule has 3 aromatic rings. The summed E-state index contributed by atoms with van der Waals surface area (Å²) in [7, 11) is 2.94. The zero-order valence-corrected chi connectivity index (χ0v) is 19.3. The Kier molecular flexibility index (Phi) is 6.11. The number of aryl methyl sites for hydroxylation is 2. The quantitative estimate of drug-likeness (QED) is 0.326. The van der Waals surface area contributed by atoms with Crippen LogP contribution in [-0.4, -0.2) is 31.0 Å². The Hall–Kier alpha value is -4.13. The van der Waals surface area contributed by atoms with Crippen molar-refractivity contribution >= 4 is 23.1 Å². The number of ether oxygens (including phenoxy) is 2. The molecule has 1 fully saturated rings. The second-order valence-corrected chi connectivity index (χ2v) is 8.06. The maximum Gasteiger partial charge on any atom is 0.300 e. The molecule has 7 heteroatoms. The van der Waals surface area contributed by atoms with Crippen molar-refractivity contribution in [2.75, 3.05) is 19.1 Å². The molecule has 174 valence electrons. The van der Waals surface area contributed by atoms with Gasteiger partial charge in [-0.2, -0.15) is 0 Å². The van der Waals surface area contributed by atoms with Gasteiger partial charge in [-0.05, 0) is 73.0 Å². The minimum atomic E-state index is -0.948. The van der Waals surface area contributed by atoms with Gasteiger partial charge in [0.15, 0.2) is 11.5 Å². The van der Waals surface area contributed by atoms with Crippen LogP contribution in [0.25, 0.3) is 5.76 Å². The molecule has 34 heavy (non-hydrogen) atoms. The van der Waals surface area contributed by atoms with Gasteiger partial charge >= 0.3 is 0 Å². The van der Waals surface area contributed by atoms with E-state index in [1.807, 2.05) is 26.0 Å². The molecule has 1 N–H and O–H groups in total. The number of ketones is 1. The van der Waals surface area contributed by atoms with E-state index in [-0.39, 0.29) is 16.9 Å². The fourth-order valence-electron chi connectivity index (χ4n) is 4.07. The maximum atomic E-state index is 13.7. The number of aliphatic hydroxyl groups is 1. The van der Waals surface area contributed by atoms with E-state index in [2.05, 4.69) is 0 Å². The highest BCUT2D eigenvalue weighted by molar-refractivity contribution is 6.51. The first-order chi connectivity index (χ1) is 16.3. The van der Waals surface area contributed by atoms with Gasteiger partial charge in [0, 0.05) is 11.3 Å². The molecular formula is C27H24FNO5. The summed E-state index contributed by atoms with van der Waals surface area (Å²) in [6.45, 7) is 3.85. The van der Waals surface area contributed by atoms with Gasteiger partial charge in [-0.25, -0.2) is 4.39 Å². The van der Waals surface area contributed by atoms with E-state index in [9.17, 15) is 19.1 Å². The molecular weight excluding hydrogens is 437 g/mol. The van der Waals surface area contributed by atoms with Crippen molar-refractivity contribution in [3.8, 4) is 11.5 Å². The number of benzene rings is 3. The van der Waals surface area contributed by atoms with Crippen molar-refractivity contribution in [3.63, 3.8) is 0 Å². The van der Waals surface area contributed by atoms with Crippen molar-refractivity contribution in [1.29, 1.82) is 0 Å². The van der Waals surface area contributed by atoms with Gasteiger partial charge < -0.3 is 14.6 Å². The minimum Gasteiger partial charge on any atom is -0.507 e. The molecule has 1 unspecified atom stereocenters. The van der Waals surface area contributed by atoms with Gasteiger partial charge in [0.25, 0.3) is 11.7 Å². The highest BCUT2D eigenvalue weighted by Crippen LogP contribution is 2.43. The number of rotatable bonds is 5. The molecule has 0 radical (unpaired) electrons. The minimum absolute atomic E-state index is 0.0953. The highest BCUT2D eigenvalue weighted by Gasteiger charge is 2.47. The number of Topliss-reactive ketones (excluding diaryl/α,β-unsaturated/α-hetero) is 1. The summed E-state index contributed by atoms with van der Waals surface area (Å²) < 4.78 is 24.2. The topological polar surface area (TPSA) is 76.1 Å². The van der Waals surface area contributed by atoms with Crippen LogP contribution < -0.4 is 14.4 Å². The lowest BCUT2D eigenvalue weighted by atomic mass is 9.95. The van der Waals surface area contributed by atoms with Crippen LogP contribution in [-0.2, 0) is 9.59 Å². The lowest BCUT2D eigenvalue weighted by Gasteiger charge is -2.26. The molecule has 0 bridgehead atoms. The number of aliphatic hydroxyl groups excluding tert-OH is 1. The summed E-state index contributed by atoms with van der Waals surface area (Å²) in [5.41, 5.74) is 3.15. The second-order valence-electron chi connectivity index (χ2n) is 8.06. The zero-order valence-electron chi connectivity index (χ0n) is 19.3. The number of carbonyl (C=O) groups excluding carboxylic acids is 2. The standard InChI is InChI=1S/C27H24FNO5/c1-15-5-11-20(13-16(15)2)29-24(17-6-9-19(28)10-7-17)23(26(31)27(29)32)25(30)18-8-12-21(33-3)22(14-18)34-4/h5-14,24,30H,1-4H3/b25-23+. The fourth-order valence-corrected chi connectivity index (χ4v) is 4.07. The number of anilines is 1. The third-order valence-corrected chi connectivity index (χ3v) is 6.06. The third-order valence-electron chi connectivity index (χ3n) is 6.06. The van der Waals surface area contributed by atoms with Crippen LogP contribution in [0.1, 0.15) is 28.3 Å². The smallest absolute Gasteiger partial charge is 0.300 e. The SMILES string of the molecule is COc1ccc(/C(O)=C2\C(=O)C(=O)N(c3ccc(C)c(C)c3)C2c2ccc(F)cc2)cc1OC. The van der Waals surface area contributed by atoms with E-state index in [0.29, 0.717) is 22.7 Å². The molecule has 1 amide bonds. The summed E-state index contributed by atoms with van der Waals surface area (Å²) >= 11 is 0. The van der Waals surface area contributed by atoms with Crippen molar-refractivity contribution in [3.05, 3.63) is 94.3 Å². The van der Waals surface area contributed by atoms with Gasteiger partial charge in [-0.15, -0.1) is 0 Å². The molecule has 0 spiro atoms. The number of nitrogens with zero attached hydrogens (tertiary/aromatic N) is 1. The second kappa shape index (κ2) is 9.02. The molecule has 0 saturated carbocycles. The Bertz CT molecular complexity index is 1310. The van der Waals surface area contributed by atoms with E-state index in [0.717, 1.165) is 11.1 Å². The Morgan fingerprint density at radius 1 is 0.882 bits per heavy atom. The molecule has 6 nitrogen and oxygen atoms in total. The van der Waals surface area contributed by atoms with Gasteiger partial charge in [-0.1, -0.05) is 18.2 Å². The van der Waals surface area contributed by atoms with E-state index < -0.39 is 23.5 Å². The first-order valence-electron chi connectivity index (χ1n) is 10.6. The molecule has 1 heterocycles. The fraction of sp³-hybridized carbons (Fsp3) is 0.185. The summed E-state index contributed by atoms with van der Waals surface area (Å²) in [6, 6.07) is 14.7. The predicted molar refractivity (Wildman–Crippen MR) is 127 cm³/mol. The van der Waals surface area contributed by atoms with Crippen molar-refractivity contribution in [2.45, 2.75) is 19.9 Å². The molecule has 4 rings (SSSR count). The molecule has 3 aromatic carbocycles. The van der Waals surface area contributed by atoms with Gasteiger partial charge in [0.2, 0.25) is 0 Å². The Balaban J connectivity index is 1.94. The molecule has 1 atom stereocenters. The Morgan fingerprint density at radius 2 is 1.56 bits per heavy atom. The van der Waals surface area contributed by atoms with E-state index >= 15 is 0 Å². The monoisotopic (exact) mass is 461 g/mol. The van der Waals surface area contributed by atoms with E-state index in [1.165, 1.54) is 49.5 Å². The van der Waals surface area contributed by atoms with E-state index in [1.54, 1.807) is 18.2 Å². The number of carbonyl (C=O) groups is 2. The van der Waals surface area contributed by atoms with Crippen LogP contribution in [0, 0.1) is 19.7 Å². The average molecular weight is 461 g/mol. The van der Waals surface area contributed by atoms with Crippen molar-refractivity contribution < 1.29 is 28.6 Å². The Morgan fingerprint density at radius 3 is 2.18 bits per heavy atom. The lowest BCUT2D eigenvalue weighted by molar-refractivity contribution is -0.132. The molecule has 0 aromatic heterocycles. The van der Waals surface area contributed by atoms with Crippen molar-refractivity contribution in [1.82, 2.24) is 0 Å². The summed E-state index contributed by atoms with van der Waals surface area (Å²) in [5, 5.41) is 11.3. The average Bonchev–Trinajstić information content (AvgIpc) is 3.10. The molecule has 1 saturated heterocycles. The van der Waals surface area contributed by atoms with Crippen LogP contribution >= 0.6 is 0 Å².